The van der Waals surface area contributed by atoms with Crippen molar-refractivity contribution in [3.8, 4) is 0 Å². The Bertz CT molecular complexity index is 918. The molecule has 0 aliphatic rings. The summed E-state index contributed by atoms with van der Waals surface area (Å²) in [5.41, 5.74) is 0. The second kappa shape index (κ2) is 46.9. The van der Waals surface area contributed by atoms with E-state index in [9.17, 15) is 14.4 Å². The number of hydrogen-bond acceptors (Lipinski definition) is 6. The van der Waals surface area contributed by atoms with Gasteiger partial charge in [-0.1, -0.05) is 259 Å². The van der Waals surface area contributed by atoms with Crippen LogP contribution in [0.5, 0.6) is 0 Å². The highest BCUT2D eigenvalue weighted by Crippen LogP contribution is 2.18. The lowest BCUT2D eigenvalue weighted by Crippen LogP contribution is -2.30. The molecule has 0 amide bonds. The van der Waals surface area contributed by atoms with Crippen molar-refractivity contribution in [2.75, 3.05) is 13.2 Å². The van der Waals surface area contributed by atoms with E-state index in [1.165, 1.54) is 186 Å². The standard InChI is InChI=1S/C54H104O6/c1-6-8-9-10-27-34-39-44-52(55)58-47-51(60-54(57)46-41-36-31-26-22-18-13-11-15-19-23-28-32-37-42-49(3)4)48-59-53(56)45-40-35-30-25-21-17-14-12-16-20-24-29-33-38-43-50(5)7-2/h49-51H,6-48H2,1-5H3/t50?,51-/m1/s1. The van der Waals surface area contributed by atoms with Gasteiger partial charge >= 0.3 is 17.9 Å². The zero-order valence-corrected chi connectivity index (χ0v) is 41.1. The Morgan fingerprint density at radius 3 is 0.950 bits per heavy atom. The second-order valence-corrected chi connectivity index (χ2v) is 19.2. The lowest BCUT2D eigenvalue weighted by atomic mass is 9.99. The van der Waals surface area contributed by atoms with Crippen molar-refractivity contribution in [2.24, 2.45) is 11.8 Å². The fourth-order valence-electron chi connectivity index (χ4n) is 8.13. The minimum Gasteiger partial charge on any atom is -0.462 e. The molecule has 0 aromatic heterocycles. The van der Waals surface area contributed by atoms with Crippen molar-refractivity contribution >= 4 is 17.9 Å². The lowest BCUT2D eigenvalue weighted by molar-refractivity contribution is -0.167. The fraction of sp³-hybridized carbons (Fsp3) is 0.944. The minimum atomic E-state index is -0.760. The normalized spacial score (nSPS) is 12.5. The molecule has 0 aromatic carbocycles. The number of rotatable bonds is 48. The molecular weight excluding hydrogens is 745 g/mol. The molecule has 356 valence electrons. The number of hydrogen-bond donors (Lipinski definition) is 0. The van der Waals surface area contributed by atoms with Crippen LogP contribution >= 0.6 is 0 Å². The van der Waals surface area contributed by atoms with Gasteiger partial charge in [0, 0.05) is 19.3 Å². The summed E-state index contributed by atoms with van der Waals surface area (Å²) in [6, 6.07) is 0. The van der Waals surface area contributed by atoms with E-state index in [4.69, 9.17) is 14.2 Å². The van der Waals surface area contributed by atoms with Crippen molar-refractivity contribution < 1.29 is 28.6 Å². The second-order valence-electron chi connectivity index (χ2n) is 19.2. The Labute approximate surface area is 374 Å². The van der Waals surface area contributed by atoms with Crippen LogP contribution in [-0.2, 0) is 28.6 Å². The monoisotopic (exact) mass is 849 g/mol. The topological polar surface area (TPSA) is 78.9 Å². The van der Waals surface area contributed by atoms with E-state index in [1.807, 2.05) is 0 Å². The van der Waals surface area contributed by atoms with Crippen molar-refractivity contribution in [1.82, 2.24) is 0 Å². The number of carbonyl (C=O) groups is 3. The van der Waals surface area contributed by atoms with Gasteiger partial charge < -0.3 is 14.2 Å². The summed E-state index contributed by atoms with van der Waals surface area (Å²) in [7, 11) is 0. The summed E-state index contributed by atoms with van der Waals surface area (Å²) in [6.45, 7) is 11.4. The Morgan fingerprint density at radius 1 is 0.350 bits per heavy atom. The molecule has 1 unspecified atom stereocenters. The van der Waals surface area contributed by atoms with E-state index in [2.05, 4.69) is 34.6 Å². The molecule has 0 radical (unpaired) electrons. The Balaban J connectivity index is 4.18. The van der Waals surface area contributed by atoms with E-state index in [-0.39, 0.29) is 31.1 Å². The highest BCUT2D eigenvalue weighted by molar-refractivity contribution is 5.71. The van der Waals surface area contributed by atoms with Gasteiger partial charge in [-0.15, -0.1) is 0 Å². The minimum absolute atomic E-state index is 0.0637. The molecule has 0 saturated carbocycles. The molecule has 0 aromatic rings. The van der Waals surface area contributed by atoms with Crippen LogP contribution in [0.15, 0.2) is 0 Å². The van der Waals surface area contributed by atoms with Crippen LogP contribution in [0.3, 0.4) is 0 Å². The van der Waals surface area contributed by atoms with E-state index in [0.717, 1.165) is 69.6 Å². The van der Waals surface area contributed by atoms with Crippen molar-refractivity contribution in [1.29, 1.82) is 0 Å². The van der Waals surface area contributed by atoms with Gasteiger partial charge in [0.15, 0.2) is 6.10 Å². The molecule has 2 atom stereocenters. The van der Waals surface area contributed by atoms with Crippen LogP contribution in [-0.4, -0.2) is 37.2 Å². The molecule has 0 rings (SSSR count). The van der Waals surface area contributed by atoms with E-state index in [1.54, 1.807) is 0 Å². The maximum absolute atomic E-state index is 12.8. The first kappa shape index (κ1) is 58.4. The molecule has 0 fully saturated rings. The highest BCUT2D eigenvalue weighted by atomic mass is 16.6. The van der Waals surface area contributed by atoms with Crippen molar-refractivity contribution in [3.05, 3.63) is 0 Å². The average molecular weight is 849 g/mol. The Morgan fingerprint density at radius 2 is 0.633 bits per heavy atom. The van der Waals surface area contributed by atoms with Crippen LogP contribution in [0.1, 0.15) is 298 Å². The summed E-state index contributed by atoms with van der Waals surface area (Å²) >= 11 is 0. The molecule has 6 nitrogen and oxygen atoms in total. The van der Waals surface area contributed by atoms with Gasteiger partial charge in [0.05, 0.1) is 0 Å². The summed E-state index contributed by atoms with van der Waals surface area (Å²) in [4.78, 5) is 37.8. The average Bonchev–Trinajstić information content (AvgIpc) is 3.23. The first-order chi connectivity index (χ1) is 29.3. The molecular formula is C54H104O6. The highest BCUT2D eigenvalue weighted by Gasteiger charge is 2.19. The molecule has 0 heterocycles. The molecule has 0 spiro atoms. The van der Waals surface area contributed by atoms with Gasteiger partial charge in [-0.3, -0.25) is 14.4 Å². The van der Waals surface area contributed by atoms with Crippen molar-refractivity contribution in [3.63, 3.8) is 0 Å². The molecule has 0 bridgehead atoms. The van der Waals surface area contributed by atoms with Crippen LogP contribution in [0.4, 0.5) is 0 Å². The van der Waals surface area contributed by atoms with Gasteiger partial charge in [0.25, 0.3) is 0 Å². The maximum Gasteiger partial charge on any atom is 0.306 e. The molecule has 0 aliphatic carbocycles. The summed E-state index contributed by atoms with van der Waals surface area (Å²) in [6.07, 6.45) is 48.1. The zero-order chi connectivity index (χ0) is 44.0. The number of ether oxygens (including phenoxy) is 3. The van der Waals surface area contributed by atoms with Crippen molar-refractivity contribution in [2.45, 2.75) is 304 Å². The van der Waals surface area contributed by atoms with Gasteiger partial charge in [0.1, 0.15) is 13.2 Å². The number of unbranched alkanes of at least 4 members (excludes halogenated alkanes) is 32. The summed E-state index contributed by atoms with van der Waals surface area (Å²) in [5.74, 6) is 0.887. The number of carbonyl (C=O) groups excluding carboxylic acids is 3. The third kappa shape index (κ3) is 45.9. The largest absolute Gasteiger partial charge is 0.462 e. The molecule has 0 N–H and O–H groups in total. The van der Waals surface area contributed by atoms with Crippen LogP contribution < -0.4 is 0 Å². The predicted molar refractivity (Wildman–Crippen MR) is 256 cm³/mol. The fourth-order valence-corrected chi connectivity index (χ4v) is 8.13. The zero-order valence-electron chi connectivity index (χ0n) is 41.1. The summed E-state index contributed by atoms with van der Waals surface area (Å²) in [5, 5.41) is 0. The maximum atomic E-state index is 12.8. The van der Waals surface area contributed by atoms with Crippen LogP contribution in [0.25, 0.3) is 0 Å². The van der Waals surface area contributed by atoms with Gasteiger partial charge in [-0.05, 0) is 31.1 Å². The Hall–Kier alpha value is -1.59. The smallest absolute Gasteiger partial charge is 0.306 e. The first-order valence-electron chi connectivity index (χ1n) is 26.8. The first-order valence-corrected chi connectivity index (χ1v) is 26.8. The van der Waals surface area contributed by atoms with Gasteiger partial charge in [-0.25, -0.2) is 0 Å². The third-order valence-corrected chi connectivity index (χ3v) is 12.6. The van der Waals surface area contributed by atoms with Gasteiger partial charge in [-0.2, -0.15) is 0 Å². The lowest BCUT2D eigenvalue weighted by Gasteiger charge is -2.18. The van der Waals surface area contributed by atoms with E-state index in [0.29, 0.717) is 19.3 Å². The predicted octanol–water partition coefficient (Wildman–Crippen LogP) is 17.3. The van der Waals surface area contributed by atoms with E-state index >= 15 is 0 Å². The molecule has 60 heavy (non-hydrogen) atoms. The van der Waals surface area contributed by atoms with Crippen LogP contribution in [0.2, 0.25) is 0 Å². The SMILES string of the molecule is CCCCCCCCCC(=O)OC[C@H](COC(=O)CCCCCCCCCCCCCCCCC(C)CC)OC(=O)CCCCCCCCCCCCCCCCC(C)C. The quantitative estimate of drug-likeness (QED) is 0.0345. The third-order valence-electron chi connectivity index (χ3n) is 12.6. The van der Waals surface area contributed by atoms with Gasteiger partial charge in [0.2, 0.25) is 0 Å². The summed E-state index contributed by atoms with van der Waals surface area (Å²) < 4.78 is 16.8. The van der Waals surface area contributed by atoms with Crippen LogP contribution in [0, 0.1) is 11.8 Å². The number of esters is 3. The molecule has 0 aliphatic heterocycles. The molecule has 0 saturated heterocycles. The molecule has 6 heteroatoms. The Kier molecular flexibility index (Phi) is 45.7. The van der Waals surface area contributed by atoms with E-state index < -0.39 is 6.10 Å².